The minimum Gasteiger partial charge on any atom is -0.277 e. The van der Waals surface area contributed by atoms with Gasteiger partial charge in [-0.15, -0.1) is 0 Å². The van der Waals surface area contributed by atoms with E-state index in [1.807, 2.05) is 6.92 Å². The highest BCUT2D eigenvalue weighted by atomic mass is 19.1. The van der Waals surface area contributed by atoms with Gasteiger partial charge < -0.3 is 0 Å². The Morgan fingerprint density at radius 2 is 2.31 bits per heavy atom. The van der Waals surface area contributed by atoms with E-state index < -0.39 is 11.9 Å². The number of carbonyl (C=O) groups excluding carboxylic acids is 2. The molecule has 0 radical (unpaired) electrons. The van der Waals surface area contributed by atoms with Crippen molar-refractivity contribution in [2.75, 3.05) is 6.54 Å². The summed E-state index contributed by atoms with van der Waals surface area (Å²) in [6.45, 7) is 2.28. The van der Waals surface area contributed by atoms with Gasteiger partial charge in [0.15, 0.2) is 0 Å². The van der Waals surface area contributed by atoms with Gasteiger partial charge in [-0.3, -0.25) is 14.5 Å². The van der Waals surface area contributed by atoms with Crippen LogP contribution in [0.2, 0.25) is 0 Å². The number of halogens is 1. The molecule has 5 heteroatoms. The lowest BCUT2D eigenvalue weighted by Gasteiger charge is -2.13. The first-order chi connectivity index (χ1) is 7.58. The number of pyridine rings is 1. The maximum Gasteiger partial charge on any atom is 0.279 e. The monoisotopic (exact) mass is 222 g/mol. The molecule has 0 spiro atoms. The Morgan fingerprint density at radius 1 is 1.56 bits per heavy atom. The first-order valence-electron chi connectivity index (χ1n) is 5.05. The van der Waals surface area contributed by atoms with E-state index in [-0.39, 0.29) is 17.5 Å². The summed E-state index contributed by atoms with van der Waals surface area (Å²) in [6.07, 6.45) is 0.362. The van der Waals surface area contributed by atoms with Crippen molar-refractivity contribution in [1.29, 1.82) is 0 Å². The molecule has 4 nitrogen and oxygen atoms in total. The van der Waals surface area contributed by atoms with Crippen molar-refractivity contribution in [1.82, 2.24) is 9.88 Å². The second kappa shape index (κ2) is 4.00. The number of hydrogen-bond donors (Lipinski definition) is 0. The van der Waals surface area contributed by atoms with E-state index >= 15 is 0 Å². The highest BCUT2D eigenvalue weighted by Gasteiger charge is 2.32. The predicted octanol–water partition coefficient (Wildman–Crippen LogP) is 1.23. The molecule has 0 N–H and O–H groups in total. The van der Waals surface area contributed by atoms with Gasteiger partial charge in [0.2, 0.25) is 11.9 Å². The number of likely N-dealkylation sites (tertiary alicyclic amines) is 1. The lowest BCUT2D eigenvalue weighted by molar-refractivity contribution is -0.125. The summed E-state index contributed by atoms with van der Waals surface area (Å²) < 4.78 is 12.8. The molecule has 1 aliphatic rings. The summed E-state index contributed by atoms with van der Waals surface area (Å²) in [7, 11) is 0. The molecule has 0 aromatic carbocycles. The third-order valence-corrected chi connectivity index (χ3v) is 2.50. The van der Waals surface area contributed by atoms with Gasteiger partial charge in [0, 0.05) is 13.0 Å². The fraction of sp³-hybridized carbons (Fsp3) is 0.364. The lowest BCUT2D eigenvalue weighted by atomic mass is 10.2. The standard InChI is InChI=1S/C11H11FN2O2/c1-7-5-10(15)14(6-7)11(16)8-3-2-4-9(12)13-8/h2-4,7H,5-6H2,1H3. The Labute approximate surface area is 92.1 Å². The predicted molar refractivity (Wildman–Crippen MR) is 54.0 cm³/mol. The van der Waals surface area contributed by atoms with E-state index in [9.17, 15) is 14.0 Å². The fourth-order valence-electron chi connectivity index (χ4n) is 1.75. The maximum absolute atomic E-state index is 12.8. The molecule has 84 valence electrons. The second-order valence-electron chi connectivity index (χ2n) is 3.96. The number of imide groups is 1. The van der Waals surface area contributed by atoms with Crippen molar-refractivity contribution >= 4 is 11.8 Å². The van der Waals surface area contributed by atoms with Crippen LogP contribution < -0.4 is 0 Å². The van der Waals surface area contributed by atoms with Crippen molar-refractivity contribution in [2.24, 2.45) is 5.92 Å². The molecular weight excluding hydrogens is 211 g/mol. The molecule has 2 amide bonds. The number of aromatic nitrogens is 1. The number of carbonyl (C=O) groups is 2. The van der Waals surface area contributed by atoms with Crippen LogP contribution in [0.1, 0.15) is 23.8 Å². The smallest absolute Gasteiger partial charge is 0.277 e. The van der Waals surface area contributed by atoms with Crippen molar-refractivity contribution < 1.29 is 14.0 Å². The average Bonchev–Trinajstić information content (AvgIpc) is 2.57. The van der Waals surface area contributed by atoms with Crippen LogP contribution in [0, 0.1) is 11.9 Å². The average molecular weight is 222 g/mol. The number of nitrogens with zero attached hydrogens (tertiary/aromatic N) is 2. The van der Waals surface area contributed by atoms with Crippen LogP contribution >= 0.6 is 0 Å². The number of hydrogen-bond acceptors (Lipinski definition) is 3. The molecule has 1 aromatic heterocycles. The molecule has 1 saturated heterocycles. The number of rotatable bonds is 1. The van der Waals surface area contributed by atoms with Crippen LogP contribution in [0.15, 0.2) is 18.2 Å². The zero-order valence-electron chi connectivity index (χ0n) is 8.81. The fourth-order valence-corrected chi connectivity index (χ4v) is 1.75. The Kier molecular flexibility index (Phi) is 2.68. The Bertz CT molecular complexity index is 447. The molecule has 0 bridgehead atoms. The SMILES string of the molecule is CC1CC(=O)N(C(=O)c2cccc(F)n2)C1. The van der Waals surface area contributed by atoms with Gasteiger partial charge in [-0.2, -0.15) is 4.39 Å². The summed E-state index contributed by atoms with van der Waals surface area (Å²) in [5, 5.41) is 0. The van der Waals surface area contributed by atoms with Gasteiger partial charge in [0.05, 0.1) is 0 Å². The quantitative estimate of drug-likeness (QED) is 0.530. The molecule has 1 unspecified atom stereocenters. The summed E-state index contributed by atoms with van der Waals surface area (Å²) in [4.78, 5) is 27.9. The van der Waals surface area contributed by atoms with Crippen molar-refractivity contribution in [3.63, 3.8) is 0 Å². The van der Waals surface area contributed by atoms with Crippen molar-refractivity contribution in [2.45, 2.75) is 13.3 Å². The van der Waals surface area contributed by atoms with Crippen molar-refractivity contribution in [3.05, 3.63) is 29.8 Å². The van der Waals surface area contributed by atoms with Crippen LogP contribution in [0.3, 0.4) is 0 Å². The molecule has 0 saturated carbocycles. The van der Waals surface area contributed by atoms with Gasteiger partial charge in [-0.1, -0.05) is 13.0 Å². The molecule has 2 rings (SSSR count). The molecular formula is C11H11FN2O2. The van der Waals surface area contributed by atoms with Crippen LogP contribution in [-0.4, -0.2) is 28.2 Å². The van der Waals surface area contributed by atoms with Gasteiger partial charge >= 0.3 is 0 Å². The summed E-state index contributed by atoms with van der Waals surface area (Å²) in [6, 6.07) is 3.96. The molecule has 1 atom stereocenters. The zero-order chi connectivity index (χ0) is 11.7. The van der Waals surface area contributed by atoms with E-state index in [0.717, 1.165) is 11.0 Å². The van der Waals surface area contributed by atoms with E-state index in [2.05, 4.69) is 4.98 Å². The van der Waals surface area contributed by atoms with E-state index in [4.69, 9.17) is 0 Å². The Balaban J connectivity index is 2.23. The Hall–Kier alpha value is -1.78. The summed E-state index contributed by atoms with van der Waals surface area (Å²) in [5.74, 6) is -1.30. The van der Waals surface area contributed by atoms with E-state index in [1.54, 1.807) is 0 Å². The van der Waals surface area contributed by atoms with Crippen LogP contribution in [0.5, 0.6) is 0 Å². The van der Waals surface area contributed by atoms with Crippen LogP contribution in [-0.2, 0) is 4.79 Å². The minimum absolute atomic E-state index is 0.0255. The first kappa shape index (κ1) is 10.7. The molecule has 0 aliphatic carbocycles. The Morgan fingerprint density at radius 3 is 2.88 bits per heavy atom. The normalized spacial score (nSPS) is 20.2. The number of amides is 2. The summed E-state index contributed by atoms with van der Waals surface area (Å²) >= 11 is 0. The van der Waals surface area contributed by atoms with Crippen LogP contribution in [0.4, 0.5) is 4.39 Å². The van der Waals surface area contributed by atoms with Crippen LogP contribution in [0.25, 0.3) is 0 Å². The van der Waals surface area contributed by atoms with E-state index in [1.165, 1.54) is 12.1 Å². The van der Waals surface area contributed by atoms with Gasteiger partial charge in [0.1, 0.15) is 5.69 Å². The largest absolute Gasteiger partial charge is 0.279 e. The summed E-state index contributed by atoms with van der Waals surface area (Å²) in [5.41, 5.74) is -0.0255. The van der Waals surface area contributed by atoms with Gasteiger partial charge in [-0.05, 0) is 18.1 Å². The topological polar surface area (TPSA) is 50.3 Å². The molecule has 1 aliphatic heterocycles. The molecule has 1 aromatic rings. The lowest BCUT2D eigenvalue weighted by Crippen LogP contribution is -2.33. The molecule has 1 fully saturated rings. The third-order valence-electron chi connectivity index (χ3n) is 2.50. The van der Waals surface area contributed by atoms with Crippen molar-refractivity contribution in [3.8, 4) is 0 Å². The van der Waals surface area contributed by atoms with Gasteiger partial charge in [0.25, 0.3) is 5.91 Å². The highest BCUT2D eigenvalue weighted by Crippen LogP contribution is 2.18. The molecule has 2 heterocycles. The molecule has 16 heavy (non-hydrogen) atoms. The maximum atomic E-state index is 12.8. The highest BCUT2D eigenvalue weighted by molar-refractivity contribution is 6.04. The second-order valence-corrected chi connectivity index (χ2v) is 3.96. The first-order valence-corrected chi connectivity index (χ1v) is 5.05. The minimum atomic E-state index is -0.717. The van der Waals surface area contributed by atoms with Gasteiger partial charge in [-0.25, -0.2) is 4.98 Å². The van der Waals surface area contributed by atoms with E-state index in [0.29, 0.717) is 13.0 Å². The third kappa shape index (κ3) is 1.93. The zero-order valence-corrected chi connectivity index (χ0v) is 8.81.